The van der Waals surface area contributed by atoms with Gasteiger partial charge in [-0.2, -0.15) is 0 Å². The van der Waals surface area contributed by atoms with E-state index in [0.717, 1.165) is 17.5 Å². The second kappa shape index (κ2) is 6.48. The molecule has 2 aliphatic rings. The van der Waals surface area contributed by atoms with Crippen molar-refractivity contribution < 1.29 is 4.74 Å². The van der Waals surface area contributed by atoms with Crippen molar-refractivity contribution in [1.29, 1.82) is 0 Å². The standard InChI is InChI=1S/C17H32BNOS/c1-11(2)17(18)8-6-7-14-15(9-13(5)10-17)20-16(21)19(14)12(3)4/h11-15H,6-10,18H2,1-5H3. The molecule has 0 aromatic rings. The maximum atomic E-state index is 6.09. The molecule has 1 saturated carbocycles. The molecule has 4 heteroatoms. The minimum Gasteiger partial charge on any atom is -0.465 e. The molecule has 0 aromatic heterocycles. The van der Waals surface area contributed by atoms with Gasteiger partial charge in [0.15, 0.2) is 0 Å². The number of hydrogen-bond acceptors (Lipinski definition) is 2. The fourth-order valence-electron chi connectivity index (χ4n) is 4.32. The van der Waals surface area contributed by atoms with E-state index in [-0.39, 0.29) is 0 Å². The fraction of sp³-hybridized carbons (Fsp3) is 0.941. The average Bonchev–Trinajstić information content (AvgIpc) is 2.66. The molecule has 0 amide bonds. The van der Waals surface area contributed by atoms with Crippen LogP contribution in [0, 0.1) is 11.8 Å². The molecule has 2 rings (SSSR count). The van der Waals surface area contributed by atoms with E-state index in [0.29, 0.717) is 29.4 Å². The summed E-state index contributed by atoms with van der Waals surface area (Å²) in [6.07, 6.45) is 6.61. The van der Waals surface area contributed by atoms with E-state index in [9.17, 15) is 0 Å². The molecule has 1 heterocycles. The number of rotatable bonds is 2. The molecule has 0 radical (unpaired) electrons. The number of fused-ring (bicyclic) bond motifs is 1. The Morgan fingerprint density at radius 3 is 2.57 bits per heavy atom. The van der Waals surface area contributed by atoms with Gasteiger partial charge in [-0.05, 0) is 50.7 Å². The number of hydrogen-bond donors (Lipinski definition) is 0. The van der Waals surface area contributed by atoms with E-state index >= 15 is 0 Å². The molecule has 4 atom stereocenters. The van der Waals surface area contributed by atoms with Crippen molar-refractivity contribution in [3.05, 3.63) is 0 Å². The summed E-state index contributed by atoms with van der Waals surface area (Å²) in [5, 5.41) is 1.21. The number of ether oxygens (including phenoxy) is 1. The van der Waals surface area contributed by atoms with Crippen molar-refractivity contribution in [3.8, 4) is 0 Å². The van der Waals surface area contributed by atoms with Crippen molar-refractivity contribution in [2.45, 2.75) is 90.2 Å². The van der Waals surface area contributed by atoms with E-state index in [1.54, 1.807) is 0 Å². The topological polar surface area (TPSA) is 12.5 Å². The summed E-state index contributed by atoms with van der Waals surface area (Å²) in [5.74, 6) is 1.46. The quantitative estimate of drug-likeness (QED) is 0.569. The van der Waals surface area contributed by atoms with Crippen LogP contribution in [-0.4, -0.2) is 36.1 Å². The van der Waals surface area contributed by atoms with Crippen LogP contribution in [0.5, 0.6) is 0 Å². The monoisotopic (exact) mass is 309 g/mol. The molecule has 1 aliphatic carbocycles. The predicted molar refractivity (Wildman–Crippen MR) is 96.6 cm³/mol. The Morgan fingerprint density at radius 2 is 2.00 bits per heavy atom. The second-order valence-corrected chi connectivity index (χ2v) is 8.59. The Hall–Kier alpha value is -0.245. The predicted octanol–water partition coefficient (Wildman–Crippen LogP) is 3.80. The molecular weight excluding hydrogens is 277 g/mol. The maximum absolute atomic E-state index is 6.09. The minimum atomic E-state index is 0.310. The number of thiocarbonyl (C=S) groups is 1. The minimum absolute atomic E-state index is 0.310. The zero-order chi connectivity index (χ0) is 15.8. The first-order chi connectivity index (χ1) is 9.74. The van der Waals surface area contributed by atoms with Gasteiger partial charge in [0.05, 0.1) is 6.04 Å². The number of nitrogens with zero attached hydrogens (tertiary/aromatic N) is 1. The van der Waals surface area contributed by atoms with E-state index in [1.807, 2.05) is 0 Å². The molecule has 1 aliphatic heterocycles. The Labute approximate surface area is 137 Å². The second-order valence-electron chi connectivity index (χ2n) is 8.24. The van der Waals surface area contributed by atoms with E-state index in [2.05, 4.69) is 47.4 Å². The summed E-state index contributed by atoms with van der Waals surface area (Å²) < 4.78 is 6.09. The summed E-state index contributed by atoms with van der Waals surface area (Å²) in [6.45, 7) is 11.6. The SMILES string of the molecule is BC1(C(C)C)CCCC2C(CC(C)C1)OC(=S)N2C(C)C. The first-order valence-corrected chi connectivity index (χ1v) is 9.14. The van der Waals surface area contributed by atoms with Gasteiger partial charge in [-0.1, -0.05) is 45.3 Å². The molecule has 4 unspecified atom stereocenters. The molecule has 21 heavy (non-hydrogen) atoms. The Kier molecular flexibility index (Phi) is 5.28. The van der Waals surface area contributed by atoms with Gasteiger partial charge in [0.2, 0.25) is 0 Å². The van der Waals surface area contributed by atoms with Crippen LogP contribution < -0.4 is 0 Å². The van der Waals surface area contributed by atoms with Crippen molar-refractivity contribution in [3.63, 3.8) is 0 Å². The molecule has 0 N–H and O–H groups in total. The van der Waals surface area contributed by atoms with Gasteiger partial charge >= 0.3 is 0 Å². The normalized spacial score (nSPS) is 38.0. The Bertz CT molecular complexity index is 387. The molecular formula is C17H32BNOS. The van der Waals surface area contributed by atoms with Crippen molar-refractivity contribution >= 4 is 25.2 Å². The Morgan fingerprint density at radius 1 is 1.33 bits per heavy atom. The van der Waals surface area contributed by atoms with E-state index < -0.39 is 0 Å². The highest BCUT2D eigenvalue weighted by atomic mass is 32.1. The van der Waals surface area contributed by atoms with Crippen molar-refractivity contribution in [1.82, 2.24) is 4.90 Å². The highest BCUT2D eigenvalue weighted by Gasteiger charge is 2.43. The van der Waals surface area contributed by atoms with E-state index in [1.165, 1.54) is 25.7 Å². The van der Waals surface area contributed by atoms with Gasteiger partial charge in [-0.15, -0.1) is 0 Å². The first-order valence-electron chi connectivity index (χ1n) is 8.73. The average molecular weight is 309 g/mol. The molecule has 2 fully saturated rings. The third-order valence-electron chi connectivity index (χ3n) is 5.90. The fourth-order valence-corrected chi connectivity index (χ4v) is 4.79. The molecule has 1 saturated heterocycles. The lowest BCUT2D eigenvalue weighted by molar-refractivity contribution is 0.146. The van der Waals surface area contributed by atoms with Gasteiger partial charge in [0, 0.05) is 6.04 Å². The van der Waals surface area contributed by atoms with Crippen LogP contribution in [0.1, 0.15) is 66.7 Å². The summed E-state index contributed by atoms with van der Waals surface area (Å²) in [7, 11) is 2.49. The van der Waals surface area contributed by atoms with Crippen molar-refractivity contribution in [2.75, 3.05) is 0 Å². The third kappa shape index (κ3) is 3.57. The van der Waals surface area contributed by atoms with Crippen LogP contribution in [-0.2, 0) is 4.74 Å². The maximum Gasteiger partial charge on any atom is 0.260 e. The van der Waals surface area contributed by atoms with Crippen LogP contribution in [0.2, 0.25) is 5.31 Å². The Balaban J connectivity index is 2.17. The lowest BCUT2D eigenvalue weighted by Crippen LogP contribution is -2.41. The summed E-state index contributed by atoms with van der Waals surface area (Å²) in [4.78, 5) is 2.35. The van der Waals surface area contributed by atoms with Gasteiger partial charge in [-0.3, -0.25) is 0 Å². The van der Waals surface area contributed by atoms with Gasteiger partial charge < -0.3 is 9.64 Å². The smallest absolute Gasteiger partial charge is 0.260 e. The van der Waals surface area contributed by atoms with Crippen molar-refractivity contribution in [2.24, 2.45) is 11.8 Å². The van der Waals surface area contributed by atoms with Crippen LogP contribution >= 0.6 is 12.2 Å². The van der Waals surface area contributed by atoms with Gasteiger partial charge in [0.1, 0.15) is 14.0 Å². The molecule has 0 spiro atoms. The lowest BCUT2D eigenvalue weighted by atomic mass is 9.55. The molecule has 0 bridgehead atoms. The largest absolute Gasteiger partial charge is 0.465 e. The third-order valence-corrected chi connectivity index (χ3v) is 6.20. The summed E-state index contributed by atoms with van der Waals surface area (Å²) in [5.41, 5.74) is 0. The molecule has 120 valence electrons. The highest BCUT2D eigenvalue weighted by Crippen LogP contribution is 2.47. The van der Waals surface area contributed by atoms with Crippen LogP contribution in [0.3, 0.4) is 0 Å². The zero-order valence-corrected chi connectivity index (χ0v) is 15.5. The zero-order valence-electron chi connectivity index (χ0n) is 14.7. The van der Waals surface area contributed by atoms with Crippen LogP contribution in [0.15, 0.2) is 0 Å². The lowest BCUT2D eigenvalue weighted by Gasteiger charge is -2.36. The van der Waals surface area contributed by atoms with Crippen LogP contribution in [0.25, 0.3) is 0 Å². The molecule has 2 nitrogen and oxygen atoms in total. The van der Waals surface area contributed by atoms with Gasteiger partial charge in [-0.25, -0.2) is 0 Å². The highest BCUT2D eigenvalue weighted by molar-refractivity contribution is 7.80. The van der Waals surface area contributed by atoms with Gasteiger partial charge in [0.25, 0.3) is 5.17 Å². The first kappa shape index (κ1) is 17.1. The summed E-state index contributed by atoms with van der Waals surface area (Å²) >= 11 is 5.48. The van der Waals surface area contributed by atoms with Crippen LogP contribution in [0.4, 0.5) is 0 Å². The summed E-state index contributed by atoms with van der Waals surface area (Å²) in [6, 6.07) is 0.939. The van der Waals surface area contributed by atoms with E-state index in [4.69, 9.17) is 17.0 Å². The molecule has 0 aromatic carbocycles.